The quantitative estimate of drug-likeness (QED) is 0.563. The van der Waals surface area contributed by atoms with Crippen LogP contribution in [0.4, 0.5) is 0 Å². The minimum atomic E-state index is -0.415. The summed E-state index contributed by atoms with van der Waals surface area (Å²) in [5, 5.41) is 2.78. The van der Waals surface area contributed by atoms with Crippen LogP contribution in [0.25, 0.3) is 0 Å². The van der Waals surface area contributed by atoms with Gasteiger partial charge in [0.05, 0.1) is 19.3 Å². The van der Waals surface area contributed by atoms with E-state index in [0.717, 1.165) is 13.0 Å². The number of carbonyl (C=O) groups excluding carboxylic acids is 1. The van der Waals surface area contributed by atoms with Crippen molar-refractivity contribution in [1.29, 1.82) is 0 Å². The minimum absolute atomic E-state index is 0.0874. The Morgan fingerprint density at radius 3 is 2.59 bits per heavy atom. The first-order valence-corrected chi connectivity index (χ1v) is 6.24. The molecule has 5 heteroatoms. The van der Waals surface area contributed by atoms with E-state index in [1.54, 1.807) is 0 Å². The van der Waals surface area contributed by atoms with Crippen molar-refractivity contribution in [3.8, 4) is 0 Å². The number of nitrogens with two attached hydrogens (primary N) is 1. The number of ether oxygens (including phenoxy) is 1. The van der Waals surface area contributed by atoms with E-state index in [0.29, 0.717) is 19.8 Å². The predicted octanol–water partition coefficient (Wildman–Crippen LogP) is 0.0542. The number of likely N-dealkylation sites (N-methyl/N-ethyl adjacent to an activating group) is 1. The van der Waals surface area contributed by atoms with E-state index in [1.807, 2.05) is 27.9 Å². The number of hydrogen-bond acceptors (Lipinski definition) is 4. The Kier molecular flexibility index (Phi) is 9.03. The first-order chi connectivity index (χ1) is 7.99. The van der Waals surface area contributed by atoms with Gasteiger partial charge in [0.25, 0.3) is 0 Å². The van der Waals surface area contributed by atoms with Crippen LogP contribution in [-0.4, -0.2) is 57.2 Å². The molecule has 0 spiro atoms. The van der Waals surface area contributed by atoms with E-state index in [-0.39, 0.29) is 11.8 Å². The summed E-state index contributed by atoms with van der Waals surface area (Å²) in [6.45, 7) is 6.64. The lowest BCUT2D eigenvalue weighted by molar-refractivity contribution is -0.123. The van der Waals surface area contributed by atoms with Crippen LogP contribution in [0.5, 0.6) is 0 Å². The lowest BCUT2D eigenvalue weighted by atomic mass is 9.99. The Labute approximate surface area is 105 Å². The van der Waals surface area contributed by atoms with Crippen LogP contribution in [0.15, 0.2) is 0 Å². The van der Waals surface area contributed by atoms with Crippen LogP contribution in [0.2, 0.25) is 0 Å². The minimum Gasteiger partial charge on any atom is -0.378 e. The van der Waals surface area contributed by atoms with Crippen molar-refractivity contribution in [3.05, 3.63) is 0 Å². The third-order valence-corrected chi connectivity index (χ3v) is 2.79. The van der Waals surface area contributed by atoms with E-state index in [2.05, 4.69) is 10.2 Å². The molecule has 2 unspecified atom stereocenters. The SMILES string of the molecule is CCC(C)C(N)C(=O)NCCOCCN(C)C. The zero-order valence-corrected chi connectivity index (χ0v) is 11.5. The highest BCUT2D eigenvalue weighted by molar-refractivity contribution is 5.81. The van der Waals surface area contributed by atoms with Gasteiger partial charge in [-0.3, -0.25) is 4.79 Å². The first kappa shape index (κ1) is 16.4. The molecule has 0 aromatic carbocycles. The van der Waals surface area contributed by atoms with Gasteiger partial charge in [-0.2, -0.15) is 0 Å². The molecule has 0 rings (SSSR count). The zero-order valence-electron chi connectivity index (χ0n) is 11.5. The van der Waals surface area contributed by atoms with E-state index >= 15 is 0 Å². The van der Waals surface area contributed by atoms with Crippen molar-refractivity contribution in [1.82, 2.24) is 10.2 Å². The Bertz CT molecular complexity index is 210. The maximum Gasteiger partial charge on any atom is 0.237 e. The molecule has 0 aromatic heterocycles. The number of nitrogens with zero attached hydrogens (tertiary/aromatic N) is 1. The largest absolute Gasteiger partial charge is 0.378 e. The van der Waals surface area contributed by atoms with E-state index < -0.39 is 6.04 Å². The molecule has 0 aliphatic heterocycles. The highest BCUT2D eigenvalue weighted by Crippen LogP contribution is 2.04. The van der Waals surface area contributed by atoms with Crippen LogP contribution in [0.3, 0.4) is 0 Å². The summed E-state index contributed by atoms with van der Waals surface area (Å²) in [7, 11) is 3.99. The van der Waals surface area contributed by atoms with Gasteiger partial charge in [-0.05, 0) is 20.0 Å². The molecule has 0 aliphatic carbocycles. The number of carbonyl (C=O) groups is 1. The summed E-state index contributed by atoms with van der Waals surface area (Å²) < 4.78 is 5.36. The zero-order chi connectivity index (χ0) is 13.3. The molecule has 0 radical (unpaired) electrons. The maximum atomic E-state index is 11.6. The van der Waals surface area contributed by atoms with Gasteiger partial charge in [0.1, 0.15) is 0 Å². The molecule has 3 N–H and O–H groups in total. The summed E-state index contributed by atoms with van der Waals surface area (Å²) in [4.78, 5) is 13.6. The Balaban J connectivity index is 3.51. The average molecular weight is 245 g/mol. The second-order valence-electron chi connectivity index (χ2n) is 4.62. The smallest absolute Gasteiger partial charge is 0.237 e. The molecule has 0 heterocycles. The first-order valence-electron chi connectivity index (χ1n) is 6.24. The van der Waals surface area contributed by atoms with Crippen molar-refractivity contribution in [2.24, 2.45) is 11.7 Å². The molecule has 2 atom stereocenters. The van der Waals surface area contributed by atoms with Gasteiger partial charge >= 0.3 is 0 Å². The van der Waals surface area contributed by atoms with E-state index in [4.69, 9.17) is 10.5 Å². The van der Waals surface area contributed by atoms with Crippen molar-refractivity contribution in [3.63, 3.8) is 0 Å². The monoisotopic (exact) mass is 245 g/mol. The van der Waals surface area contributed by atoms with Crippen LogP contribution in [0.1, 0.15) is 20.3 Å². The fourth-order valence-corrected chi connectivity index (χ4v) is 1.23. The second kappa shape index (κ2) is 9.39. The predicted molar refractivity (Wildman–Crippen MR) is 69.8 cm³/mol. The fourth-order valence-electron chi connectivity index (χ4n) is 1.23. The number of rotatable bonds is 9. The normalized spacial score (nSPS) is 14.7. The third-order valence-electron chi connectivity index (χ3n) is 2.79. The molecule has 0 aliphatic rings. The Morgan fingerprint density at radius 1 is 1.41 bits per heavy atom. The average Bonchev–Trinajstić information content (AvgIpc) is 2.30. The van der Waals surface area contributed by atoms with Gasteiger partial charge < -0.3 is 20.7 Å². The summed E-state index contributed by atoms with van der Waals surface area (Å²) in [5.74, 6) is 0.125. The number of nitrogens with one attached hydrogen (secondary N) is 1. The molecule has 102 valence electrons. The van der Waals surface area contributed by atoms with Crippen molar-refractivity contribution in [2.45, 2.75) is 26.3 Å². The molecular weight excluding hydrogens is 218 g/mol. The number of amides is 1. The van der Waals surface area contributed by atoms with E-state index in [1.165, 1.54) is 0 Å². The molecule has 17 heavy (non-hydrogen) atoms. The van der Waals surface area contributed by atoms with Crippen molar-refractivity contribution < 1.29 is 9.53 Å². The maximum absolute atomic E-state index is 11.6. The molecule has 0 saturated carbocycles. The van der Waals surface area contributed by atoms with Crippen molar-refractivity contribution >= 4 is 5.91 Å². The van der Waals surface area contributed by atoms with E-state index in [9.17, 15) is 4.79 Å². The standard InChI is InChI=1S/C12H27N3O2/c1-5-10(2)11(13)12(16)14-6-8-17-9-7-15(3)4/h10-11H,5-9,13H2,1-4H3,(H,14,16). The van der Waals surface area contributed by atoms with Crippen molar-refractivity contribution in [2.75, 3.05) is 40.4 Å². The summed E-state index contributed by atoms with van der Waals surface area (Å²) in [6, 6.07) is -0.415. The lowest BCUT2D eigenvalue weighted by Gasteiger charge is -2.17. The van der Waals surface area contributed by atoms with Gasteiger partial charge in [-0.15, -0.1) is 0 Å². The Hall–Kier alpha value is -0.650. The lowest BCUT2D eigenvalue weighted by Crippen LogP contribution is -2.45. The molecule has 5 nitrogen and oxygen atoms in total. The molecule has 0 saturated heterocycles. The fraction of sp³-hybridized carbons (Fsp3) is 0.917. The van der Waals surface area contributed by atoms with Crippen LogP contribution < -0.4 is 11.1 Å². The second-order valence-corrected chi connectivity index (χ2v) is 4.62. The highest BCUT2D eigenvalue weighted by atomic mass is 16.5. The van der Waals surface area contributed by atoms with Gasteiger partial charge in [0.15, 0.2) is 0 Å². The van der Waals surface area contributed by atoms with Gasteiger partial charge in [0, 0.05) is 13.1 Å². The van der Waals surface area contributed by atoms with Gasteiger partial charge in [-0.1, -0.05) is 20.3 Å². The molecule has 0 bridgehead atoms. The van der Waals surface area contributed by atoms with Gasteiger partial charge in [-0.25, -0.2) is 0 Å². The molecule has 0 fully saturated rings. The number of hydrogen-bond donors (Lipinski definition) is 2. The Morgan fingerprint density at radius 2 is 2.06 bits per heavy atom. The third kappa shape index (κ3) is 8.12. The molecule has 1 amide bonds. The van der Waals surface area contributed by atoms with Crippen LogP contribution >= 0.6 is 0 Å². The summed E-state index contributed by atoms with van der Waals surface area (Å²) in [5.41, 5.74) is 5.79. The summed E-state index contributed by atoms with van der Waals surface area (Å²) >= 11 is 0. The molecular formula is C12H27N3O2. The summed E-state index contributed by atoms with van der Waals surface area (Å²) in [6.07, 6.45) is 0.911. The van der Waals surface area contributed by atoms with Gasteiger partial charge in [0.2, 0.25) is 5.91 Å². The van der Waals surface area contributed by atoms with Crippen LogP contribution in [0, 0.1) is 5.92 Å². The highest BCUT2D eigenvalue weighted by Gasteiger charge is 2.18. The topological polar surface area (TPSA) is 67.6 Å². The molecule has 0 aromatic rings. The van der Waals surface area contributed by atoms with Crippen LogP contribution in [-0.2, 0) is 9.53 Å².